The molecule has 0 aliphatic carbocycles. The second-order valence-electron chi connectivity index (χ2n) is 9.34. The number of H-pyrrole nitrogens is 1. The number of nitrogens with zero attached hydrogens (tertiary/aromatic N) is 4. The molecule has 0 aliphatic heterocycles. The number of hydrogen-bond donors (Lipinski definition) is 3. The van der Waals surface area contributed by atoms with Gasteiger partial charge in [-0.15, -0.1) is 4.52 Å². The fourth-order valence-corrected chi connectivity index (χ4v) is 4.79. The maximum atomic E-state index is 14.2. The quantitative estimate of drug-likeness (QED) is 0.222. The van der Waals surface area contributed by atoms with Gasteiger partial charge in [0.05, 0.1) is 22.6 Å². The number of anilines is 1. The number of aromatic nitrogens is 5. The Morgan fingerprint density at radius 3 is 2.52 bits per heavy atom. The Labute approximate surface area is 229 Å². The van der Waals surface area contributed by atoms with Crippen molar-refractivity contribution >= 4 is 40.4 Å². The van der Waals surface area contributed by atoms with Crippen LogP contribution in [0.25, 0.3) is 34.4 Å². The molecule has 0 saturated heterocycles. The maximum Gasteiger partial charge on any atom is 0.362 e. The van der Waals surface area contributed by atoms with Gasteiger partial charge in [0.2, 0.25) is 0 Å². The highest BCUT2D eigenvalue weighted by molar-refractivity contribution is 6.03. The molecule has 6 aromatic rings. The molecule has 0 fully saturated rings. The van der Waals surface area contributed by atoms with Crippen LogP contribution in [0.5, 0.6) is 0 Å². The fraction of sp³-hybridized carbons (Fsp3) is 0.0645. The zero-order valence-corrected chi connectivity index (χ0v) is 21.7. The van der Waals surface area contributed by atoms with Gasteiger partial charge >= 0.3 is 5.65 Å². The third kappa shape index (κ3) is 4.49. The molecule has 0 bridgehead atoms. The van der Waals surface area contributed by atoms with Crippen LogP contribution in [0.2, 0.25) is 0 Å². The molecule has 3 aromatic carbocycles. The van der Waals surface area contributed by atoms with Crippen molar-refractivity contribution in [3.8, 4) is 5.69 Å². The summed E-state index contributed by atoms with van der Waals surface area (Å²) in [5.74, 6) is 0.140. The molecule has 40 heavy (non-hydrogen) atoms. The van der Waals surface area contributed by atoms with Crippen LogP contribution in [-0.4, -0.2) is 25.5 Å². The van der Waals surface area contributed by atoms with Crippen molar-refractivity contribution in [2.45, 2.75) is 13.0 Å². The zero-order chi connectivity index (χ0) is 27.6. The first kappa shape index (κ1) is 24.7. The number of benzene rings is 3. The van der Waals surface area contributed by atoms with E-state index >= 15 is 0 Å². The van der Waals surface area contributed by atoms with Crippen molar-refractivity contribution in [1.29, 1.82) is 0 Å². The van der Waals surface area contributed by atoms with Crippen molar-refractivity contribution in [2.75, 3.05) is 5.73 Å². The van der Waals surface area contributed by atoms with Crippen molar-refractivity contribution in [1.82, 2.24) is 25.0 Å². The predicted octanol–water partition coefficient (Wildman–Crippen LogP) is 4.09. The molecule has 1 unspecified atom stereocenters. The number of carbonyl (C=O) groups is 1. The smallest absolute Gasteiger partial charge is 0.362 e. The van der Waals surface area contributed by atoms with Crippen LogP contribution in [0.3, 0.4) is 0 Å². The van der Waals surface area contributed by atoms with E-state index in [1.807, 2.05) is 91.0 Å². The highest BCUT2D eigenvalue weighted by Crippen LogP contribution is 2.23. The number of aromatic amines is 1. The Morgan fingerprint density at radius 2 is 1.75 bits per heavy atom. The second kappa shape index (κ2) is 10.3. The van der Waals surface area contributed by atoms with Crippen LogP contribution in [0.1, 0.15) is 40.3 Å². The molecule has 0 spiro atoms. The summed E-state index contributed by atoms with van der Waals surface area (Å²) in [4.78, 5) is 36.8. The first-order valence-corrected chi connectivity index (χ1v) is 12.8. The monoisotopic (exact) mass is 528 g/mol. The fourth-order valence-electron chi connectivity index (χ4n) is 4.79. The van der Waals surface area contributed by atoms with E-state index in [4.69, 9.17) is 10.7 Å². The molecule has 9 heteroatoms. The molecule has 0 radical (unpaired) electrons. The summed E-state index contributed by atoms with van der Waals surface area (Å²) in [5.41, 5.74) is 9.45. The van der Waals surface area contributed by atoms with Gasteiger partial charge in [-0.05, 0) is 41.2 Å². The van der Waals surface area contributed by atoms with Crippen molar-refractivity contribution in [3.63, 3.8) is 0 Å². The number of rotatable bonds is 6. The molecule has 1 atom stereocenters. The largest absolute Gasteiger partial charge is 0.382 e. The number of fused-ring (bicyclic) bond motifs is 2. The molecule has 0 saturated carbocycles. The number of amides is 1. The first-order valence-electron chi connectivity index (χ1n) is 12.8. The van der Waals surface area contributed by atoms with Gasteiger partial charge in [-0.25, -0.2) is 10.1 Å². The van der Waals surface area contributed by atoms with Crippen LogP contribution in [-0.2, 0) is 0 Å². The number of carbonyl (C=O) groups excluding carboxylic acids is 1. The predicted molar refractivity (Wildman–Crippen MR) is 155 cm³/mol. The lowest BCUT2D eigenvalue weighted by atomic mass is 10.1. The lowest BCUT2D eigenvalue weighted by molar-refractivity contribution is -0.577. The molecular formula is C31H26N7O2+. The summed E-state index contributed by atoms with van der Waals surface area (Å²) in [6.45, 7) is 1.79. The second-order valence-corrected chi connectivity index (χ2v) is 9.34. The Kier molecular flexibility index (Phi) is 6.37. The Balaban J connectivity index is 1.47. The van der Waals surface area contributed by atoms with Crippen molar-refractivity contribution in [2.24, 2.45) is 0 Å². The minimum absolute atomic E-state index is 0.185. The van der Waals surface area contributed by atoms with Crippen LogP contribution in [0, 0.1) is 0 Å². The van der Waals surface area contributed by atoms with E-state index in [2.05, 4.69) is 15.4 Å². The standard InChI is InChI=1S/C31H25N7O2/c1-20(34-30(39)26-27(32)36-37-19-9-18-33-29(26)37)28-35-24-15-8-12-22(17-16-21-10-4-2-5-11-21)25(24)31(40)38(28)23-13-6-3-7-14-23/h2-20H,1H3,(H3,32,34,36,39)/p+1. The van der Waals surface area contributed by atoms with Gasteiger partial charge in [0.1, 0.15) is 18.2 Å². The average Bonchev–Trinajstić information content (AvgIpc) is 3.32. The molecule has 1 amide bonds. The normalized spacial score (nSPS) is 12.2. The molecule has 3 aromatic heterocycles. The SMILES string of the molecule is CC(NC(=O)c1c(N)[nH][n+]2cccnc12)c1nc2cccc(C=Cc3ccccc3)c2c(=O)n1-c1ccccc1. The third-order valence-electron chi connectivity index (χ3n) is 6.67. The summed E-state index contributed by atoms with van der Waals surface area (Å²) in [6, 6.07) is 25.8. The van der Waals surface area contributed by atoms with E-state index in [0.717, 1.165) is 11.1 Å². The van der Waals surface area contributed by atoms with Crippen LogP contribution < -0.4 is 21.1 Å². The van der Waals surface area contributed by atoms with E-state index in [9.17, 15) is 9.59 Å². The summed E-state index contributed by atoms with van der Waals surface area (Å²) in [6.07, 6.45) is 7.20. The van der Waals surface area contributed by atoms with Gasteiger partial charge in [0.15, 0.2) is 11.4 Å². The number of hydrogen-bond acceptors (Lipinski definition) is 5. The lowest BCUT2D eigenvalue weighted by Crippen LogP contribution is -2.34. The molecule has 0 aliphatic rings. The molecule has 6 rings (SSSR count). The number of nitrogens with one attached hydrogen (secondary N) is 2. The third-order valence-corrected chi connectivity index (χ3v) is 6.67. The highest BCUT2D eigenvalue weighted by Gasteiger charge is 2.27. The van der Waals surface area contributed by atoms with Gasteiger partial charge in [0, 0.05) is 6.07 Å². The minimum Gasteiger partial charge on any atom is -0.382 e. The molecule has 9 nitrogen and oxygen atoms in total. The number of nitrogens with two attached hydrogens (primary N) is 1. The van der Waals surface area contributed by atoms with E-state index in [1.54, 1.807) is 34.5 Å². The van der Waals surface area contributed by atoms with Crippen LogP contribution in [0.4, 0.5) is 5.82 Å². The van der Waals surface area contributed by atoms with Gasteiger partial charge in [-0.2, -0.15) is 0 Å². The molecule has 4 N–H and O–H groups in total. The van der Waals surface area contributed by atoms with Crippen LogP contribution >= 0.6 is 0 Å². The van der Waals surface area contributed by atoms with E-state index in [0.29, 0.717) is 28.1 Å². The highest BCUT2D eigenvalue weighted by atomic mass is 16.2. The summed E-state index contributed by atoms with van der Waals surface area (Å²) < 4.78 is 3.13. The van der Waals surface area contributed by atoms with Gasteiger partial charge in [-0.1, -0.05) is 72.8 Å². The van der Waals surface area contributed by atoms with E-state index < -0.39 is 11.9 Å². The lowest BCUT2D eigenvalue weighted by Gasteiger charge is -2.20. The van der Waals surface area contributed by atoms with E-state index in [-0.39, 0.29) is 16.9 Å². The Morgan fingerprint density at radius 1 is 1.00 bits per heavy atom. The number of nitrogen functional groups attached to an aromatic ring is 1. The Hall–Kier alpha value is -5.57. The number of para-hydroxylation sites is 1. The van der Waals surface area contributed by atoms with Gasteiger partial charge < -0.3 is 11.1 Å². The van der Waals surface area contributed by atoms with Gasteiger partial charge in [-0.3, -0.25) is 14.2 Å². The van der Waals surface area contributed by atoms with Crippen LogP contribution in [0.15, 0.2) is 102 Å². The topological polar surface area (TPSA) is 123 Å². The van der Waals surface area contributed by atoms with Gasteiger partial charge in [0.25, 0.3) is 11.5 Å². The van der Waals surface area contributed by atoms with Crippen molar-refractivity contribution in [3.05, 3.63) is 130 Å². The average molecular weight is 529 g/mol. The molecule has 196 valence electrons. The molecular weight excluding hydrogens is 502 g/mol. The first-order chi connectivity index (χ1) is 19.5. The minimum atomic E-state index is -0.647. The summed E-state index contributed by atoms with van der Waals surface area (Å²) in [7, 11) is 0. The molecule has 3 heterocycles. The Bertz CT molecular complexity index is 1940. The van der Waals surface area contributed by atoms with Crippen molar-refractivity contribution < 1.29 is 9.31 Å². The van der Waals surface area contributed by atoms with E-state index in [1.165, 1.54) is 0 Å². The maximum absolute atomic E-state index is 14.2. The zero-order valence-electron chi connectivity index (χ0n) is 21.7. The summed E-state index contributed by atoms with van der Waals surface area (Å²) in [5, 5.41) is 6.37. The summed E-state index contributed by atoms with van der Waals surface area (Å²) >= 11 is 0.